The van der Waals surface area contributed by atoms with Gasteiger partial charge in [-0.15, -0.1) is 0 Å². The molecule has 1 aromatic carbocycles. The molecule has 4 heteroatoms. The first-order valence-electron chi connectivity index (χ1n) is 6.99. The summed E-state index contributed by atoms with van der Waals surface area (Å²) in [7, 11) is 0. The van der Waals surface area contributed by atoms with Crippen LogP contribution in [0.3, 0.4) is 0 Å². The molecule has 2 aromatic heterocycles. The van der Waals surface area contributed by atoms with E-state index in [1.54, 1.807) is 0 Å². The molecule has 108 valence electrons. The Bertz CT molecular complexity index is 798. The smallest absolute Gasteiger partial charge is 0.268 e. The topological polar surface area (TPSA) is 58.0 Å². The van der Waals surface area contributed by atoms with Gasteiger partial charge in [0.15, 0.2) is 0 Å². The van der Waals surface area contributed by atoms with Gasteiger partial charge in [0.2, 0.25) is 0 Å². The van der Waals surface area contributed by atoms with Gasteiger partial charge in [0, 0.05) is 10.9 Å². The fourth-order valence-corrected chi connectivity index (χ4v) is 2.41. The van der Waals surface area contributed by atoms with Crippen LogP contribution < -0.4 is 5.32 Å². The Labute approximate surface area is 123 Å². The zero-order valence-electron chi connectivity index (χ0n) is 12.4. The third-order valence-corrected chi connectivity index (χ3v) is 3.56. The second-order valence-electron chi connectivity index (χ2n) is 5.42. The number of aromatic amines is 1. The zero-order valence-corrected chi connectivity index (χ0v) is 12.4. The van der Waals surface area contributed by atoms with E-state index in [1.807, 2.05) is 51.1 Å². The van der Waals surface area contributed by atoms with Gasteiger partial charge < -0.3 is 14.7 Å². The van der Waals surface area contributed by atoms with Crippen LogP contribution in [0.5, 0.6) is 0 Å². The summed E-state index contributed by atoms with van der Waals surface area (Å²) in [6.45, 7) is 5.83. The summed E-state index contributed by atoms with van der Waals surface area (Å²) in [4.78, 5) is 15.4. The molecule has 0 spiro atoms. The Morgan fingerprint density at radius 3 is 2.71 bits per heavy atom. The number of hydrogen-bond acceptors (Lipinski definition) is 2. The lowest BCUT2D eigenvalue weighted by Gasteiger charge is -2.10. The zero-order chi connectivity index (χ0) is 15.0. The Morgan fingerprint density at radius 1 is 1.19 bits per heavy atom. The number of hydrogen-bond donors (Lipinski definition) is 2. The fraction of sp³-hybridized carbons (Fsp3) is 0.235. The third kappa shape index (κ3) is 2.70. The van der Waals surface area contributed by atoms with Crippen LogP contribution in [-0.2, 0) is 0 Å². The summed E-state index contributed by atoms with van der Waals surface area (Å²) >= 11 is 0. The Hall–Kier alpha value is -2.49. The van der Waals surface area contributed by atoms with Crippen molar-refractivity contribution in [3.05, 3.63) is 59.2 Å². The minimum absolute atomic E-state index is 0.134. The van der Waals surface area contributed by atoms with E-state index in [4.69, 9.17) is 4.42 Å². The van der Waals surface area contributed by atoms with Crippen LogP contribution >= 0.6 is 0 Å². The van der Waals surface area contributed by atoms with E-state index in [9.17, 15) is 4.79 Å². The number of furan rings is 1. The molecule has 0 radical (unpaired) electrons. The number of nitrogens with one attached hydrogen (secondary N) is 2. The maximum absolute atomic E-state index is 12.3. The number of aryl methyl sites for hydroxylation is 2. The van der Waals surface area contributed by atoms with E-state index in [0.29, 0.717) is 5.69 Å². The third-order valence-electron chi connectivity index (χ3n) is 3.56. The van der Waals surface area contributed by atoms with Gasteiger partial charge in [-0.1, -0.05) is 11.6 Å². The molecule has 1 atom stereocenters. The molecular weight excluding hydrogens is 264 g/mol. The van der Waals surface area contributed by atoms with Crippen molar-refractivity contribution < 1.29 is 9.21 Å². The average molecular weight is 282 g/mol. The van der Waals surface area contributed by atoms with Crippen molar-refractivity contribution in [3.63, 3.8) is 0 Å². The number of amides is 1. The van der Waals surface area contributed by atoms with Gasteiger partial charge in [-0.05, 0) is 51.1 Å². The van der Waals surface area contributed by atoms with Crippen LogP contribution in [0.2, 0.25) is 0 Å². The molecule has 1 unspecified atom stereocenters. The maximum Gasteiger partial charge on any atom is 0.268 e. The van der Waals surface area contributed by atoms with E-state index in [-0.39, 0.29) is 11.9 Å². The van der Waals surface area contributed by atoms with Crippen molar-refractivity contribution in [3.8, 4) is 0 Å². The number of H-pyrrole nitrogens is 1. The van der Waals surface area contributed by atoms with Gasteiger partial charge in [0.05, 0.1) is 6.04 Å². The van der Waals surface area contributed by atoms with Gasteiger partial charge in [-0.3, -0.25) is 4.79 Å². The van der Waals surface area contributed by atoms with Crippen molar-refractivity contribution >= 4 is 16.8 Å². The summed E-state index contributed by atoms with van der Waals surface area (Å²) in [6, 6.07) is 11.5. The molecule has 0 saturated heterocycles. The predicted molar refractivity (Wildman–Crippen MR) is 82.4 cm³/mol. The molecule has 4 nitrogen and oxygen atoms in total. The standard InChI is InChI=1S/C17H18N2O2/c1-10-4-6-14-13(8-10)9-15(19-14)17(20)18-12(3)16-7-5-11(2)21-16/h4-9,12,19H,1-3H3,(H,18,20). The minimum atomic E-state index is -0.167. The molecule has 0 aliphatic heterocycles. The lowest BCUT2D eigenvalue weighted by Crippen LogP contribution is -2.26. The van der Waals surface area contributed by atoms with E-state index in [0.717, 1.165) is 22.4 Å². The Kier molecular flexibility index (Phi) is 3.29. The Morgan fingerprint density at radius 2 is 2.00 bits per heavy atom. The highest BCUT2D eigenvalue weighted by molar-refractivity contribution is 5.98. The van der Waals surface area contributed by atoms with Gasteiger partial charge in [0.1, 0.15) is 17.2 Å². The molecule has 3 aromatic rings. The predicted octanol–water partition coefficient (Wildman–Crippen LogP) is 3.87. The van der Waals surface area contributed by atoms with Crippen LogP contribution in [-0.4, -0.2) is 10.9 Å². The fourth-order valence-electron chi connectivity index (χ4n) is 2.41. The van der Waals surface area contributed by atoms with E-state index < -0.39 is 0 Å². The molecule has 2 heterocycles. The molecule has 1 amide bonds. The van der Waals surface area contributed by atoms with Crippen molar-refractivity contribution in [2.75, 3.05) is 0 Å². The number of benzene rings is 1. The lowest BCUT2D eigenvalue weighted by molar-refractivity contribution is 0.0931. The maximum atomic E-state index is 12.3. The van der Waals surface area contributed by atoms with Crippen molar-refractivity contribution in [1.82, 2.24) is 10.3 Å². The van der Waals surface area contributed by atoms with Crippen molar-refractivity contribution in [2.45, 2.75) is 26.8 Å². The summed E-state index contributed by atoms with van der Waals surface area (Å²) in [5.74, 6) is 1.46. The highest BCUT2D eigenvalue weighted by Crippen LogP contribution is 2.19. The normalized spacial score (nSPS) is 12.5. The highest BCUT2D eigenvalue weighted by Gasteiger charge is 2.15. The Balaban J connectivity index is 1.80. The van der Waals surface area contributed by atoms with Crippen LogP contribution in [0.15, 0.2) is 40.8 Å². The number of aromatic nitrogens is 1. The van der Waals surface area contributed by atoms with E-state index >= 15 is 0 Å². The number of carbonyl (C=O) groups excluding carboxylic acids is 1. The van der Waals surface area contributed by atoms with E-state index in [1.165, 1.54) is 5.56 Å². The monoisotopic (exact) mass is 282 g/mol. The van der Waals surface area contributed by atoms with Crippen LogP contribution in [0.25, 0.3) is 10.9 Å². The molecule has 0 aliphatic carbocycles. The van der Waals surface area contributed by atoms with Crippen molar-refractivity contribution in [1.29, 1.82) is 0 Å². The van der Waals surface area contributed by atoms with Crippen LogP contribution in [0.1, 0.15) is 40.5 Å². The highest BCUT2D eigenvalue weighted by atomic mass is 16.3. The molecule has 0 saturated carbocycles. The van der Waals surface area contributed by atoms with Crippen LogP contribution in [0.4, 0.5) is 0 Å². The largest absolute Gasteiger partial charge is 0.464 e. The minimum Gasteiger partial charge on any atom is -0.464 e. The number of rotatable bonds is 3. The average Bonchev–Trinajstić information content (AvgIpc) is 3.04. The molecule has 21 heavy (non-hydrogen) atoms. The molecule has 0 aliphatic rings. The summed E-state index contributed by atoms with van der Waals surface area (Å²) in [5, 5.41) is 3.98. The van der Waals surface area contributed by atoms with Crippen LogP contribution in [0, 0.1) is 13.8 Å². The first kappa shape index (κ1) is 13.5. The quantitative estimate of drug-likeness (QED) is 0.766. The molecule has 2 N–H and O–H groups in total. The van der Waals surface area contributed by atoms with Crippen molar-refractivity contribution in [2.24, 2.45) is 0 Å². The first-order valence-corrected chi connectivity index (χ1v) is 6.99. The molecule has 3 rings (SSSR count). The van der Waals surface area contributed by atoms with Gasteiger partial charge >= 0.3 is 0 Å². The second-order valence-corrected chi connectivity index (χ2v) is 5.42. The van der Waals surface area contributed by atoms with Gasteiger partial charge in [0.25, 0.3) is 5.91 Å². The molecule has 0 fully saturated rings. The molecular formula is C17H18N2O2. The number of carbonyl (C=O) groups is 1. The molecule has 0 bridgehead atoms. The first-order chi connectivity index (χ1) is 10.0. The number of fused-ring (bicyclic) bond motifs is 1. The summed E-state index contributed by atoms with van der Waals surface area (Å²) in [5.41, 5.74) is 2.70. The second kappa shape index (κ2) is 5.13. The summed E-state index contributed by atoms with van der Waals surface area (Å²) < 4.78 is 5.53. The SMILES string of the molecule is Cc1ccc2[nH]c(C(=O)NC(C)c3ccc(C)o3)cc2c1. The lowest BCUT2D eigenvalue weighted by atomic mass is 10.2. The van der Waals surface area contributed by atoms with Gasteiger partial charge in [-0.2, -0.15) is 0 Å². The van der Waals surface area contributed by atoms with E-state index in [2.05, 4.69) is 16.4 Å². The summed E-state index contributed by atoms with van der Waals surface area (Å²) in [6.07, 6.45) is 0. The van der Waals surface area contributed by atoms with Gasteiger partial charge in [-0.25, -0.2) is 0 Å².